The highest BCUT2D eigenvalue weighted by Crippen LogP contribution is 2.63. The molecule has 0 spiro atoms. The Morgan fingerprint density at radius 3 is 2.50 bits per heavy atom. The van der Waals surface area contributed by atoms with Crippen molar-refractivity contribution in [3.8, 4) is 24.0 Å². The maximum Gasteiger partial charge on any atom is 0.196 e. The lowest BCUT2D eigenvalue weighted by molar-refractivity contribution is -0.130. The number of aromatic amines is 1. The van der Waals surface area contributed by atoms with Crippen LogP contribution in [0.5, 0.6) is 0 Å². The fraction of sp³-hybridized carbons (Fsp3) is 0.375. The number of nitrogens with one attached hydrogen (secondary N) is 1. The van der Waals surface area contributed by atoms with Crippen LogP contribution in [-0.2, 0) is 9.59 Å². The van der Waals surface area contributed by atoms with Gasteiger partial charge >= 0.3 is 0 Å². The van der Waals surface area contributed by atoms with Gasteiger partial charge in [-0.25, -0.2) is 4.98 Å². The lowest BCUT2D eigenvalue weighted by atomic mass is 9.45. The van der Waals surface area contributed by atoms with E-state index in [9.17, 15) is 20.1 Å². The minimum atomic E-state index is -0.843. The molecule has 0 unspecified atom stereocenters. The van der Waals surface area contributed by atoms with Crippen molar-refractivity contribution in [3.63, 3.8) is 0 Å². The highest BCUT2D eigenvalue weighted by atomic mass is 16.1. The molecule has 30 heavy (non-hydrogen) atoms. The predicted molar refractivity (Wildman–Crippen MR) is 108 cm³/mol. The van der Waals surface area contributed by atoms with E-state index in [4.69, 9.17) is 0 Å². The quantitative estimate of drug-likeness (QED) is 0.677. The summed E-state index contributed by atoms with van der Waals surface area (Å²) in [6.45, 7) is 5.70. The summed E-state index contributed by atoms with van der Waals surface area (Å²) in [4.78, 5) is 32.6. The molecule has 6 nitrogen and oxygen atoms in total. The van der Waals surface area contributed by atoms with Gasteiger partial charge in [0.25, 0.3) is 0 Å². The summed E-state index contributed by atoms with van der Waals surface area (Å²) in [5.41, 5.74) is -1.40. The fourth-order valence-electron chi connectivity index (χ4n) is 5.44. The normalized spacial score (nSPS) is 31.5. The van der Waals surface area contributed by atoms with Crippen LogP contribution in [0, 0.1) is 56.7 Å². The molecule has 1 N–H and O–H groups in total. The van der Waals surface area contributed by atoms with Gasteiger partial charge in [-0.2, -0.15) is 10.5 Å². The molecule has 4 rings (SSSR count). The zero-order valence-corrected chi connectivity index (χ0v) is 17.0. The molecule has 1 aromatic rings. The van der Waals surface area contributed by atoms with Crippen LogP contribution in [0.15, 0.2) is 47.3 Å². The second-order valence-electron chi connectivity index (χ2n) is 8.85. The van der Waals surface area contributed by atoms with E-state index < -0.39 is 16.2 Å². The summed E-state index contributed by atoms with van der Waals surface area (Å²) < 4.78 is 0. The molecule has 0 bridgehead atoms. The first-order chi connectivity index (χ1) is 14.2. The number of hydrogen-bond donors (Lipinski definition) is 1. The Morgan fingerprint density at radius 2 is 1.87 bits per heavy atom. The third-order valence-corrected chi connectivity index (χ3v) is 6.83. The molecule has 3 atom stereocenters. The molecular formula is C24H20N4O2. The van der Waals surface area contributed by atoms with Crippen LogP contribution in [0.4, 0.5) is 0 Å². The summed E-state index contributed by atoms with van der Waals surface area (Å²) in [5, 5.41) is 19.1. The number of hydrogen-bond acceptors (Lipinski definition) is 5. The number of Topliss-reactive ketones (excluding diaryl/α,β-unsaturated/α-hetero) is 1. The maximum absolute atomic E-state index is 12.9. The Kier molecular flexibility index (Phi) is 4.19. The van der Waals surface area contributed by atoms with Gasteiger partial charge in [0.15, 0.2) is 17.4 Å². The average molecular weight is 396 g/mol. The van der Waals surface area contributed by atoms with E-state index >= 15 is 0 Å². The van der Waals surface area contributed by atoms with Crippen LogP contribution in [0.2, 0.25) is 0 Å². The highest BCUT2D eigenvalue weighted by Gasteiger charge is 2.59. The number of carbonyl (C=O) groups is 2. The second-order valence-corrected chi connectivity index (χ2v) is 8.85. The third-order valence-electron chi connectivity index (χ3n) is 6.83. The van der Waals surface area contributed by atoms with Gasteiger partial charge in [-0.1, -0.05) is 32.8 Å². The lowest BCUT2D eigenvalue weighted by Crippen LogP contribution is -2.53. The van der Waals surface area contributed by atoms with Crippen molar-refractivity contribution in [1.82, 2.24) is 9.97 Å². The largest absolute Gasteiger partial charge is 0.338 e. The van der Waals surface area contributed by atoms with Crippen molar-refractivity contribution in [1.29, 1.82) is 10.5 Å². The summed E-state index contributed by atoms with van der Waals surface area (Å²) in [6.07, 6.45) is 9.38. The molecule has 0 aliphatic heterocycles. The van der Waals surface area contributed by atoms with Crippen LogP contribution in [0.1, 0.15) is 39.4 Å². The van der Waals surface area contributed by atoms with Crippen molar-refractivity contribution >= 4 is 11.6 Å². The topological polar surface area (TPSA) is 110 Å². The Morgan fingerprint density at radius 1 is 1.13 bits per heavy atom. The Hall–Kier alpha value is -3.69. The molecule has 6 heteroatoms. The Bertz CT molecular complexity index is 1200. The average Bonchev–Trinajstić information content (AvgIpc) is 3.23. The van der Waals surface area contributed by atoms with Crippen molar-refractivity contribution in [2.45, 2.75) is 33.6 Å². The van der Waals surface area contributed by atoms with E-state index in [1.807, 2.05) is 32.9 Å². The first-order valence-corrected chi connectivity index (χ1v) is 9.78. The zero-order valence-electron chi connectivity index (χ0n) is 17.0. The van der Waals surface area contributed by atoms with E-state index in [1.165, 1.54) is 6.08 Å². The number of nitriles is 2. The summed E-state index contributed by atoms with van der Waals surface area (Å²) in [5.74, 6) is 6.16. The van der Waals surface area contributed by atoms with Gasteiger partial charge < -0.3 is 4.98 Å². The summed E-state index contributed by atoms with van der Waals surface area (Å²) in [7, 11) is 0. The number of allylic oxidation sites excluding steroid dienone is 6. The molecule has 3 aliphatic carbocycles. The number of fused-ring (bicyclic) bond motifs is 3. The molecule has 1 heterocycles. The molecule has 1 aromatic heterocycles. The van der Waals surface area contributed by atoms with Crippen LogP contribution in [0.3, 0.4) is 0 Å². The smallest absolute Gasteiger partial charge is 0.196 e. The first kappa shape index (κ1) is 19.6. The predicted octanol–water partition coefficient (Wildman–Crippen LogP) is 3.18. The molecular weight excluding hydrogens is 376 g/mol. The fourth-order valence-corrected chi connectivity index (χ4v) is 5.44. The molecule has 0 amide bonds. The molecule has 148 valence electrons. The molecule has 3 aliphatic rings. The standard InChI is InChI=1S/C24H20N4O2/c1-22(2)18-4-6-24(7-5-20-27-8-9-28-20)12-15(13-25)17(29)10-19(24)23(18,3)11-16(14-26)21(22)30/h8-12,18H,4,6H2,1-3H3,(H,27,28)/t18-,23-,24+/m0/s1. The van der Waals surface area contributed by atoms with Gasteiger partial charge in [0, 0.05) is 23.2 Å². The van der Waals surface area contributed by atoms with Crippen LogP contribution >= 0.6 is 0 Å². The second kappa shape index (κ2) is 6.41. The Balaban J connectivity index is 1.97. The van der Waals surface area contributed by atoms with Crippen molar-refractivity contribution in [3.05, 3.63) is 53.2 Å². The van der Waals surface area contributed by atoms with E-state index in [0.29, 0.717) is 18.7 Å². The van der Waals surface area contributed by atoms with E-state index in [1.54, 1.807) is 24.5 Å². The minimum Gasteiger partial charge on any atom is -0.338 e. The number of rotatable bonds is 0. The van der Waals surface area contributed by atoms with Gasteiger partial charge in [-0.05, 0) is 42.4 Å². The van der Waals surface area contributed by atoms with E-state index in [2.05, 4.69) is 21.8 Å². The maximum atomic E-state index is 12.9. The number of aromatic nitrogens is 2. The van der Waals surface area contributed by atoms with E-state index in [0.717, 1.165) is 5.57 Å². The van der Waals surface area contributed by atoms with Crippen molar-refractivity contribution < 1.29 is 9.59 Å². The molecule has 0 saturated heterocycles. The number of H-pyrrole nitrogens is 1. The van der Waals surface area contributed by atoms with Crippen LogP contribution < -0.4 is 0 Å². The van der Waals surface area contributed by atoms with Gasteiger partial charge in [0.2, 0.25) is 0 Å². The molecule has 1 fully saturated rings. The number of ketones is 2. The highest BCUT2D eigenvalue weighted by molar-refractivity contribution is 6.09. The summed E-state index contributed by atoms with van der Waals surface area (Å²) >= 11 is 0. The van der Waals surface area contributed by atoms with Gasteiger partial charge in [0.1, 0.15) is 12.1 Å². The van der Waals surface area contributed by atoms with Crippen molar-refractivity contribution in [2.24, 2.45) is 22.2 Å². The van der Waals surface area contributed by atoms with Gasteiger partial charge in [-0.3, -0.25) is 9.59 Å². The molecule has 0 radical (unpaired) electrons. The number of nitrogens with zero attached hydrogens (tertiary/aromatic N) is 3. The number of imidazole rings is 1. The van der Waals surface area contributed by atoms with Gasteiger partial charge in [0.05, 0.1) is 16.6 Å². The monoisotopic (exact) mass is 396 g/mol. The number of carbonyl (C=O) groups excluding carboxylic acids is 2. The van der Waals surface area contributed by atoms with Crippen LogP contribution in [-0.4, -0.2) is 21.5 Å². The van der Waals surface area contributed by atoms with Crippen molar-refractivity contribution in [2.75, 3.05) is 0 Å². The van der Waals surface area contributed by atoms with Gasteiger partial charge in [-0.15, -0.1) is 0 Å². The molecule has 0 aromatic carbocycles. The zero-order chi connectivity index (χ0) is 21.7. The third kappa shape index (κ3) is 2.60. The first-order valence-electron chi connectivity index (χ1n) is 9.78. The SMILES string of the molecule is CC1(C)C(=O)C(C#N)=C[C@]2(C)C3=CC(=O)C(C#N)=C[C@]3(C#Cc3ncc[nH]3)CC[C@@H]12. The van der Waals surface area contributed by atoms with Crippen LogP contribution in [0.25, 0.3) is 0 Å². The summed E-state index contributed by atoms with van der Waals surface area (Å²) in [6, 6.07) is 4.03. The minimum absolute atomic E-state index is 0.0603. The molecule has 1 saturated carbocycles. The Labute approximate surface area is 175 Å². The van der Waals surface area contributed by atoms with E-state index in [-0.39, 0.29) is 28.6 Å². The lowest BCUT2D eigenvalue weighted by Gasteiger charge is -2.56.